The van der Waals surface area contributed by atoms with Gasteiger partial charge in [0, 0.05) is 11.1 Å². The van der Waals surface area contributed by atoms with Crippen LogP contribution < -0.4 is 21.7 Å². The number of benzene rings is 1. The number of nitrogens with one attached hydrogen (secondary N) is 1. The highest BCUT2D eigenvalue weighted by atomic mass is 32.2. The molecule has 4 heteroatoms. The first-order chi connectivity index (χ1) is 7.63. The summed E-state index contributed by atoms with van der Waals surface area (Å²) in [6.45, 7) is 3.95. The van der Waals surface area contributed by atoms with Crippen molar-refractivity contribution in [3.05, 3.63) is 39.0 Å². The van der Waals surface area contributed by atoms with Gasteiger partial charge in [-0.05, 0) is 29.0 Å². The zero-order valence-electron chi connectivity index (χ0n) is 8.91. The lowest BCUT2D eigenvalue weighted by Crippen LogP contribution is -2.39. The number of nitrogens with two attached hydrogens (primary N) is 1. The maximum absolute atomic E-state index is 11.8. The van der Waals surface area contributed by atoms with Gasteiger partial charge in [-0.15, -0.1) is 11.8 Å². The van der Waals surface area contributed by atoms with E-state index in [0.29, 0.717) is 10.9 Å². The Labute approximate surface area is 96.7 Å². The van der Waals surface area contributed by atoms with Crippen molar-refractivity contribution in [2.45, 2.75) is 0 Å². The molecule has 0 unspecified atom stereocenters. The van der Waals surface area contributed by atoms with Crippen molar-refractivity contribution in [2.24, 2.45) is 0 Å². The summed E-state index contributed by atoms with van der Waals surface area (Å²) < 4.78 is 0. The van der Waals surface area contributed by atoms with Crippen LogP contribution in [0.2, 0.25) is 0 Å². The van der Waals surface area contributed by atoms with Crippen LogP contribution in [0.25, 0.3) is 22.9 Å². The van der Waals surface area contributed by atoms with Crippen LogP contribution in [-0.2, 0) is 0 Å². The normalized spacial score (nSPS) is 12.2. The van der Waals surface area contributed by atoms with Gasteiger partial charge in [-0.1, -0.05) is 12.6 Å². The second kappa shape index (κ2) is 4.06. The third-order valence-electron chi connectivity index (χ3n) is 2.42. The Hall–Kier alpha value is -1.68. The van der Waals surface area contributed by atoms with Crippen molar-refractivity contribution in [1.82, 2.24) is 4.98 Å². The van der Waals surface area contributed by atoms with Gasteiger partial charge in [-0.3, -0.25) is 4.79 Å². The van der Waals surface area contributed by atoms with Crippen LogP contribution in [0.5, 0.6) is 0 Å². The molecule has 0 aliphatic rings. The number of hydrogen-bond donors (Lipinski definition) is 2. The van der Waals surface area contributed by atoms with E-state index in [-0.39, 0.29) is 5.56 Å². The molecule has 0 saturated carbocycles. The van der Waals surface area contributed by atoms with Gasteiger partial charge < -0.3 is 10.7 Å². The summed E-state index contributed by atoms with van der Waals surface area (Å²) in [6.07, 6.45) is 1.91. The van der Waals surface area contributed by atoms with Gasteiger partial charge in [0.25, 0.3) is 5.56 Å². The molecule has 0 fully saturated rings. The summed E-state index contributed by atoms with van der Waals surface area (Å²) >= 11 is 1.49. The topological polar surface area (TPSA) is 58.9 Å². The molecule has 3 nitrogen and oxygen atoms in total. The fourth-order valence-corrected chi connectivity index (χ4v) is 2.13. The van der Waals surface area contributed by atoms with Gasteiger partial charge in [0.1, 0.15) is 0 Å². The number of aromatic nitrogens is 1. The molecule has 1 aromatic carbocycles. The van der Waals surface area contributed by atoms with Crippen molar-refractivity contribution < 1.29 is 0 Å². The minimum atomic E-state index is -0.127. The Morgan fingerprint density at radius 1 is 1.50 bits per heavy atom. The Bertz CT molecular complexity index is 703. The predicted octanol–water partition coefficient (Wildman–Crippen LogP) is 0.622. The second-order valence-corrected chi connectivity index (χ2v) is 4.21. The number of rotatable bonds is 1. The summed E-state index contributed by atoms with van der Waals surface area (Å²) in [4.78, 5) is 14.6. The van der Waals surface area contributed by atoms with Crippen LogP contribution in [0.15, 0.2) is 23.0 Å². The quantitative estimate of drug-likeness (QED) is 0.709. The van der Waals surface area contributed by atoms with Crippen molar-refractivity contribution >= 4 is 40.3 Å². The zero-order valence-corrected chi connectivity index (χ0v) is 9.73. The summed E-state index contributed by atoms with van der Waals surface area (Å²) in [5.41, 5.74) is 6.90. The number of anilines is 1. The fourth-order valence-electron chi connectivity index (χ4n) is 1.64. The molecule has 82 valence electrons. The molecule has 0 radical (unpaired) electrons. The van der Waals surface area contributed by atoms with E-state index < -0.39 is 0 Å². The van der Waals surface area contributed by atoms with E-state index in [9.17, 15) is 4.79 Å². The monoisotopic (exact) mass is 232 g/mol. The number of nitrogen functional groups attached to an aromatic ring is 1. The Morgan fingerprint density at radius 3 is 2.94 bits per heavy atom. The highest BCUT2D eigenvalue weighted by molar-refractivity contribution is 8.05. The Balaban J connectivity index is 3.01. The highest BCUT2D eigenvalue weighted by Gasteiger charge is 1.99. The summed E-state index contributed by atoms with van der Waals surface area (Å²) in [5, 5.41) is 4.09. The van der Waals surface area contributed by atoms with Gasteiger partial charge in [0.15, 0.2) is 0 Å². The highest BCUT2D eigenvalue weighted by Crippen LogP contribution is 2.09. The first-order valence-corrected chi connectivity index (χ1v) is 6.05. The lowest BCUT2D eigenvalue weighted by molar-refractivity contribution is 1.26. The fraction of sp³-hybridized carbons (Fsp3) is 0.0833. The largest absolute Gasteiger partial charge is 0.399 e. The minimum absolute atomic E-state index is 0.127. The second-order valence-electron chi connectivity index (χ2n) is 3.50. The van der Waals surface area contributed by atoms with Gasteiger partial charge in [0.05, 0.1) is 10.7 Å². The van der Waals surface area contributed by atoms with Crippen molar-refractivity contribution in [1.29, 1.82) is 0 Å². The van der Waals surface area contributed by atoms with Gasteiger partial charge in [-0.2, -0.15) is 0 Å². The third kappa shape index (κ3) is 1.72. The molecule has 0 amide bonds. The SMILES string of the molecule is C=c1/c(=C\SC)c(=O)[nH]c2cc(N)ccc12. The third-order valence-corrected chi connectivity index (χ3v) is 2.89. The lowest BCUT2D eigenvalue weighted by Gasteiger charge is -2.00. The summed E-state index contributed by atoms with van der Waals surface area (Å²) in [6, 6.07) is 5.42. The van der Waals surface area contributed by atoms with E-state index >= 15 is 0 Å². The maximum Gasteiger partial charge on any atom is 0.256 e. The van der Waals surface area contributed by atoms with Crippen LogP contribution in [-0.4, -0.2) is 11.2 Å². The molecule has 0 spiro atoms. The van der Waals surface area contributed by atoms with E-state index in [1.807, 2.05) is 12.3 Å². The zero-order chi connectivity index (χ0) is 11.7. The van der Waals surface area contributed by atoms with Crippen LogP contribution in [0, 0.1) is 0 Å². The Kier molecular flexibility index (Phi) is 2.75. The van der Waals surface area contributed by atoms with Crippen LogP contribution in [0.4, 0.5) is 5.69 Å². The molecule has 0 bridgehead atoms. The summed E-state index contributed by atoms with van der Waals surface area (Å²) in [5.74, 6) is 0. The van der Waals surface area contributed by atoms with Gasteiger partial charge in [0.2, 0.25) is 0 Å². The molecule has 0 atom stereocenters. The molecule has 1 heterocycles. The van der Waals surface area contributed by atoms with E-state index in [0.717, 1.165) is 16.1 Å². The van der Waals surface area contributed by atoms with Gasteiger partial charge in [-0.25, -0.2) is 0 Å². The smallest absolute Gasteiger partial charge is 0.256 e. The lowest BCUT2D eigenvalue weighted by atomic mass is 10.1. The average molecular weight is 232 g/mol. The maximum atomic E-state index is 11.8. The first-order valence-electron chi connectivity index (χ1n) is 4.77. The molecule has 0 aliphatic heterocycles. The van der Waals surface area contributed by atoms with Crippen LogP contribution in [0.3, 0.4) is 0 Å². The molecule has 0 aliphatic carbocycles. The standard InChI is InChI=1S/C12H12N2OS/c1-7-9-4-3-8(13)5-11(9)14-12(15)10(7)6-16-2/h3-6H,1,13H2,2H3,(H,14,15)/b10-6+. The van der Waals surface area contributed by atoms with Gasteiger partial charge >= 0.3 is 0 Å². The molecular formula is C12H12N2OS. The van der Waals surface area contributed by atoms with Crippen molar-refractivity contribution in [3.63, 3.8) is 0 Å². The predicted molar refractivity (Wildman–Crippen MR) is 71.7 cm³/mol. The van der Waals surface area contributed by atoms with Crippen LogP contribution in [0.1, 0.15) is 0 Å². The van der Waals surface area contributed by atoms with Crippen molar-refractivity contribution in [3.8, 4) is 0 Å². The van der Waals surface area contributed by atoms with E-state index in [4.69, 9.17) is 5.73 Å². The number of fused-ring (bicyclic) bond motifs is 1. The number of aromatic amines is 1. The van der Waals surface area contributed by atoms with Crippen LogP contribution >= 0.6 is 11.8 Å². The molecule has 1 aromatic heterocycles. The molecule has 2 aromatic rings. The number of pyridine rings is 1. The number of thioether (sulfide) groups is 1. The molecule has 16 heavy (non-hydrogen) atoms. The van der Waals surface area contributed by atoms with E-state index in [1.165, 1.54) is 11.8 Å². The minimum Gasteiger partial charge on any atom is -0.399 e. The summed E-state index contributed by atoms with van der Waals surface area (Å²) in [7, 11) is 0. The molecular weight excluding hydrogens is 220 g/mol. The van der Waals surface area contributed by atoms with E-state index in [1.54, 1.807) is 17.5 Å². The van der Waals surface area contributed by atoms with Crippen molar-refractivity contribution in [2.75, 3.05) is 12.0 Å². The first kappa shape index (κ1) is 10.8. The number of hydrogen-bond acceptors (Lipinski definition) is 3. The molecule has 0 saturated heterocycles. The molecule has 3 N–H and O–H groups in total. The number of H-pyrrole nitrogens is 1. The average Bonchev–Trinajstić information content (AvgIpc) is 2.23. The van der Waals surface area contributed by atoms with E-state index in [2.05, 4.69) is 11.6 Å². The molecule has 2 rings (SSSR count). The Morgan fingerprint density at radius 2 is 2.25 bits per heavy atom.